The molecule has 1 amide bonds. The first-order chi connectivity index (χ1) is 13.5. The average Bonchev–Trinajstić information content (AvgIpc) is 2.68. The van der Waals surface area contributed by atoms with Gasteiger partial charge in [0.15, 0.2) is 5.96 Å². The SMILES string of the molecule is CN=C(NCCC(=O)Nc1cccc(C)n1)NCCc1ccc(C)c(OC)c1.I. The number of nitrogens with one attached hydrogen (secondary N) is 3. The highest BCUT2D eigenvalue weighted by Gasteiger charge is 2.05. The lowest BCUT2D eigenvalue weighted by molar-refractivity contribution is -0.116. The molecule has 0 aliphatic heterocycles. The smallest absolute Gasteiger partial charge is 0.227 e. The van der Waals surface area contributed by atoms with E-state index in [4.69, 9.17) is 4.74 Å². The number of hydrogen-bond acceptors (Lipinski definition) is 4. The fourth-order valence-electron chi connectivity index (χ4n) is 2.68. The molecule has 158 valence electrons. The Morgan fingerprint density at radius 1 is 1.14 bits per heavy atom. The molecular weight excluding hydrogens is 481 g/mol. The van der Waals surface area contributed by atoms with Crippen LogP contribution in [0.4, 0.5) is 5.82 Å². The van der Waals surface area contributed by atoms with E-state index >= 15 is 0 Å². The Labute approximate surface area is 189 Å². The second-order valence-electron chi connectivity index (χ2n) is 6.44. The van der Waals surface area contributed by atoms with Crippen molar-refractivity contribution in [3.63, 3.8) is 0 Å². The monoisotopic (exact) mass is 511 g/mol. The van der Waals surface area contributed by atoms with Gasteiger partial charge >= 0.3 is 0 Å². The minimum Gasteiger partial charge on any atom is -0.496 e. The fraction of sp³-hybridized carbons (Fsp3) is 0.381. The predicted molar refractivity (Wildman–Crippen MR) is 128 cm³/mol. The number of aliphatic imine (C=N–C) groups is 1. The number of methoxy groups -OCH3 is 1. The van der Waals surface area contributed by atoms with Crippen molar-refractivity contribution in [2.45, 2.75) is 26.7 Å². The first kappa shape index (κ1) is 24.7. The third kappa shape index (κ3) is 8.68. The molecule has 0 aliphatic rings. The Bertz CT molecular complexity index is 826. The van der Waals surface area contributed by atoms with Crippen molar-refractivity contribution in [3.05, 3.63) is 53.2 Å². The number of amides is 1. The summed E-state index contributed by atoms with van der Waals surface area (Å²) in [4.78, 5) is 20.5. The molecule has 0 radical (unpaired) electrons. The van der Waals surface area contributed by atoms with Crippen molar-refractivity contribution < 1.29 is 9.53 Å². The first-order valence-corrected chi connectivity index (χ1v) is 9.33. The van der Waals surface area contributed by atoms with Crippen LogP contribution in [0, 0.1) is 13.8 Å². The van der Waals surface area contributed by atoms with Crippen LogP contribution in [0.25, 0.3) is 0 Å². The van der Waals surface area contributed by atoms with E-state index in [-0.39, 0.29) is 29.9 Å². The number of pyridine rings is 1. The Balaban J connectivity index is 0.00000420. The van der Waals surface area contributed by atoms with E-state index in [1.54, 1.807) is 20.2 Å². The molecule has 0 unspecified atom stereocenters. The van der Waals surface area contributed by atoms with Crippen molar-refractivity contribution in [1.82, 2.24) is 15.6 Å². The highest BCUT2D eigenvalue weighted by atomic mass is 127. The average molecular weight is 511 g/mol. The lowest BCUT2D eigenvalue weighted by Gasteiger charge is -2.12. The summed E-state index contributed by atoms with van der Waals surface area (Å²) in [5, 5.41) is 9.20. The van der Waals surface area contributed by atoms with Crippen LogP contribution in [0.1, 0.15) is 23.2 Å². The normalized spacial score (nSPS) is 10.7. The van der Waals surface area contributed by atoms with E-state index in [0.29, 0.717) is 24.7 Å². The second kappa shape index (κ2) is 13.0. The molecule has 0 spiro atoms. The molecule has 0 bridgehead atoms. The van der Waals surface area contributed by atoms with Gasteiger partial charge in [-0.05, 0) is 49.6 Å². The molecule has 1 aromatic carbocycles. The lowest BCUT2D eigenvalue weighted by atomic mass is 10.1. The van der Waals surface area contributed by atoms with E-state index in [2.05, 4.69) is 44.1 Å². The lowest BCUT2D eigenvalue weighted by Crippen LogP contribution is -2.39. The molecule has 0 saturated heterocycles. The van der Waals surface area contributed by atoms with Gasteiger partial charge in [-0.25, -0.2) is 4.98 Å². The van der Waals surface area contributed by atoms with Crippen LogP contribution in [0.15, 0.2) is 41.4 Å². The maximum Gasteiger partial charge on any atom is 0.227 e. The van der Waals surface area contributed by atoms with Gasteiger partial charge in [0.1, 0.15) is 11.6 Å². The molecule has 0 atom stereocenters. The number of carbonyl (C=O) groups excluding carboxylic acids is 1. The van der Waals surface area contributed by atoms with E-state index in [9.17, 15) is 4.79 Å². The quantitative estimate of drug-likeness (QED) is 0.288. The van der Waals surface area contributed by atoms with E-state index in [0.717, 1.165) is 30.0 Å². The van der Waals surface area contributed by atoms with Crippen LogP contribution in [-0.2, 0) is 11.2 Å². The van der Waals surface area contributed by atoms with Gasteiger partial charge in [-0.3, -0.25) is 9.79 Å². The highest BCUT2D eigenvalue weighted by Crippen LogP contribution is 2.18. The van der Waals surface area contributed by atoms with Crippen molar-refractivity contribution >= 4 is 41.7 Å². The minimum absolute atomic E-state index is 0. The summed E-state index contributed by atoms with van der Waals surface area (Å²) in [6, 6.07) is 11.7. The summed E-state index contributed by atoms with van der Waals surface area (Å²) < 4.78 is 5.36. The van der Waals surface area contributed by atoms with E-state index in [1.165, 1.54) is 5.56 Å². The number of benzene rings is 1. The zero-order valence-electron chi connectivity index (χ0n) is 17.4. The summed E-state index contributed by atoms with van der Waals surface area (Å²) in [7, 11) is 3.39. The van der Waals surface area contributed by atoms with Crippen LogP contribution in [-0.4, -0.2) is 44.1 Å². The van der Waals surface area contributed by atoms with Crippen LogP contribution in [0.2, 0.25) is 0 Å². The summed E-state index contributed by atoms with van der Waals surface area (Å²) in [5.74, 6) is 2.04. The number of aromatic nitrogens is 1. The Morgan fingerprint density at radius 2 is 1.90 bits per heavy atom. The minimum atomic E-state index is -0.0900. The van der Waals surface area contributed by atoms with Crippen LogP contribution in [0.3, 0.4) is 0 Å². The van der Waals surface area contributed by atoms with Gasteiger partial charge in [-0.15, -0.1) is 24.0 Å². The van der Waals surface area contributed by atoms with Gasteiger partial charge in [0.25, 0.3) is 0 Å². The summed E-state index contributed by atoms with van der Waals surface area (Å²) >= 11 is 0. The first-order valence-electron chi connectivity index (χ1n) is 9.33. The highest BCUT2D eigenvalue weighted by molar-refractivity contribution is 14.0. The zero-order valence-corrected chi connectivity index (χ0v) is 19.7. The number of anilines is 1. The summed E-state index contributed by atoms with van der Waals surface area (Å²) in [6.45, 7) is 5.12. The summed E-state index contributed by atoms with van der Waals surface area (Å²) in [6.07, 6.45) is 1.17. The number of carbonyl (C=O) groups is 1. The number of rotatable bonds is 8. The Kier molecular flexibility index (Phi) is 11.0. The zero-order chi connectivity index (χ0) is 20.4. The molecule has 8 heteroatoms. The predicted octanol–water partition coefficient (Wildman–Crippen LogP) is 3.06. The molecule has 0 aliphatic carbocycles. The molecule has 29 heavy (non-hydrogen) atoms. The number of ether oxygens (including phenoxy) is 1. The van der Waals surface area contributed by atoms with Gasteiger partial charge in [0.2, 0.25) is 5.91 Å². The third-order valence-electron chi connectivity index (χ3n) is 4.20. The number of guanidine groups is 1. The molecular formula is C21H30IN5O2. The molecule has 2 rings (SSSR count). The van der Waals surface area contributed by atoms with Gasteiger partial charge in [-0.2, -0.15) is 0 Å². The number of halogens is 1. The number of aryl methyl sites for hydroxylation is 2. The van der Waals surface area contributed by atoms with Gasteiger partial charge < -0.3 is 20.7 Å². The van der Waals surface area contributed by atoms with E-state index < -0.39 is 0 Å². The maximum atomic E-state index is 12.0. The molecule has 0 saturated carbocycles. The fourth-order valence-corrected chi connectivity index (χ4v) is 2.68. The van der Waals surface area contributed by atoms with Crippen molar-refractivity contribution in [2.24, 2.45) is 4.99 Å². The van der Waals surface area contributed by atoms with E-state index in [1.807, 2.05) is 26.0 Å². The number of nitrogens with zero attached hydrogens (tertiary/aromatic N) is 2. The number of hydrogen-bond donors (Lipinski definition) is 3. The standard InChI is InChI=1S/C21H29N5O2.HI/c1-15-8-9-17(14-18(15)28-4)10-12-23-21(22-3)24-13-11-20(27)26-19-7-5-6-16(2)25-19;/h5-9,14H,10-13H2,1-4H3,(H2,22,23,24)(H,25,26,27);1H. The van der Waals surface area contributed by atoms with Gasteiger partial charge in [0, 0.05) is 32.3 Å². The third-order valence-corrected chi connectivity index (χ3v) is 4.20. The van der Waals surface area contributed by atoms with Crippen LogP contribution in [0.5, 0.6) is 5.75 Å². The summed E-state index contributed by atoms with van der Waals surface area (Å²) in [5.41, 5.74) is 3.18. The maximum absolute atomic E-state index is 12.0. The topological polar surface area (TPSA) is 87.6 Å². The Hall–Kier alpha value is -2.36. The Morgan fingerprint density at radius 3 is 2.59 bits per heavy atom. The molecule has 3 N–H and O–H groups in total. The van der Waals surface area contributed by atoms with Gasteiger partial charge in [0.05, 0.1) is 7.11 Å². The molecule has 1 heterocycles. The molecule has 7 nitrogen and oxygen atoms in total. The van der Waals surface area contributed by atoms with Crippen molar-refractivity contribution in [1.29, 1.82) is 0 Å². The van der Waals surface area contributed by atoms with Crippen LogP contribution >= 0.6 is 24.0 Å². The largest absolute Gasteiger partial charge is 0.496 e. The second-order valence-corrected chi connectivity index (χ2v) is 6.44. The van der Waals surface area contributed by atoms with Crippen LogP contribution < -0.4 is 20.7 Å². The van der Waals surface area contributed by atoms with Crippen molar-refractivity contribution in [3.8, 4) is 5.75 Å². The molecule has 0 fully saturated rings. The molecule has 2 aromatic rings. The molecule has 1 aromatic heterocycles. The van der Waals surface area contributed by atoms with Gasteiger partial charge in [-0.1, -0.05) is 18.2 Å². The van der Waals surface area contributed by atoms with Crippen molar-refractivity contribution in [2.75, 3.05) is 32.6 Å².